The van der Waals surface area contributed by atoms with Gasteiger partial charge in [-0.25, -0.2) is 0 Å². The molecule has 0 saturated heterocycles. The predicted octanol–water partition coefficient (Wildman–Crippen LogP) is 4.62. The summed E-state index contributed by atoms with van der Waals surface area (Å²) in [5.74, 6) is -0.0810. The van der Waals surface area contributed by atoms with Crippen molar-refractivity contribution in [2.75, 3.05) is 7.05 Å². The summed E-state index contributed by atoms with van der Waals surface area (Å²) in [6.07, 6.45) is 3.72. The van der Waals surface area contributed by atoms with Crippen LogP contribution in [0.5, 0.6) is 5.75 Å². The van der Waals surface area contributed by atoms with Crippen molar-refractivity contribution in [3.05, 3.63) is 94.8 Å². The Balaban J connectivity index is 1.85. The van der Waals surface area contributed by atoms with Gasteiger partial charge in [-0.15, -0.1) is 0 Å². The van der Waals surface area contributed by atoms with E-state index in [0.717, 1.165) is 16.7 Å². The third-order valence-electron chi connectivity index (χ3n) is 4.50. The molecule has 0 radical (unpaired) electrons. The van der Waals surface area contributed by atoms with E-state index < -0.39 is 0 Å². The molecule has 0 saturated carbocycles. The number of carbonyl (C=O) groups is 1. The first-order valence-electron chi connectivity index (χ1n) is 8.71. The van der Waals surface area contributed by atoms with E-state index in [1.54, 1.807) is 42.5 Å². The highest BCUT2D eigenvalue weighted by atomic mass is 35.5. The van der Waals surface area contributed by atoms with E-state index in [1.165, 1.54) is 0 Å². The molecule has 27 heavy (non-hydrogen) atoms. The second-order valence-electron chi connectivity index (χ2n) is 6.48. The smallest absolute Gasteiger partial charge is 0.223 e. The molecule has 5 heteroatoms. The van der Waals surface area contributed by atoms with Crippen molar-refractivity contribution < 1.29 is 9.90 Å². The second-order valence-corrected chi connectivity index (χ2v) is 6.89. The summed E-state index contributed by atoms with van der Waals surface area (Å²) in [6, 6.07) is 18.3. The van der Waals surface area contributed by atoms with Crippen molar-refractivity contribution in [1.29, 1.82) is 0 Å². The number of phenolic OH excluding ortho intramolecular Hbond substituents is 1. The lowest BCUT2D eigenvalue weighted by Crippen LogP contribution is -2.28. The first-order valence-corrected chi connectivity index (χ1v) is 9.08. The Morgan fingerprint density at radius 1 is 1.15 bits per heavy atom. The number of rotatable bonds is 6. The molecule has 1 atom stereocenters. The molecular weight excluding hydrogens is 360 g/mol. The molecule has 1 heterocycles. The Morgan fingerprint density at radius 3 is 2.67 bits per heavy atom. The molecule has 1 amide bonds. The molecule has 138 valence electrons. The molecule has 0 aliphatic heterocycles. The zero-order valence-electron chi connectivity index (χ0n) is 15.0. The fraction of sp³-hybridized carbons (Fsp3) is 0.182. The zero-order chi connectivity index (χ0) is 19.2. The zero-order valence-corrected chi connectivity index (χ0v) is 15.8. The fourth-order valence-corrected chi connectivity index (χ4v) is 3.36. The van der Waals surface area contributed by atoms with Gasteiger partial charge in [0.15, 0.2) is 0 Å². The number of nitrogens with zero attached hydrogens (tertiary/aromatic N) is 2. The minimum Gasteiger partial charge on any atom is -0.508 e. The highest BCUT2D eigenvalue weighted by molar-refractivity contribution is 6.31. The van der Waals surface area contributed by atoms with E-state index in [4.69, 9.17) is 11.6 Å². The van der Waals surface area contributed by atoms with E-state index in [-0.39, 0.29) is 24.0 Å². The van der Waals surface area contributed by atoms with Gasteiger partial charge in [-0.3, -0.25) is 9.78 Å². The van der Waals surface area contributed by atoms with Crippen molar-refractivity contribution >= 4 is 17.5 Å². The van der Waals surface area contributed by atoms with Crippen LogP contribution in [0.1, 0.15) is 29.0 Å². The Labute approximate surface area is 164 Å². The maximum absolute atomic E-state index is 12.9. The summed E-state index contributed by atoms with van der Waals surface area (Å²) < 4.78 is 0. The summed E-state index contributed by atoms with van der Waals surface area (Å²) in [5, 5.41) is 10.5. The SMILES string of the molecule is CN(Cc1cccnc1)C(=O)C[C@H](c1cccc(O)c1)c1ccccc1Cl. The number of benzene rings is 2. The Kier molecular flexibility index (Phi) is 6.09. The van der Waals surface area contributed by atoms with E-state index in [2.05, 4.69) is 4.98 Å². The number of aromatic hydroxyl groups is 1. The number of pyridine rings is 1. The molecule has 0 aliphatic carbocycles. The largest absolute Gasteiger partial charge is 0.508 e. The van der Waals surface area contributed by atoms with Crippen molar-refractivity contribution in [2.45, 2.75) is 18.9 Å². The Bertz CT molecular complexity index is 915. The maximum atomic E-state index is 12.9. The minimum atomic E-state index is -0.241. The van der Waals surface area contributed by atoms with E-state index in [9.17, 15) is 9.90 Å². The van der Waals surface area contributed by atoms with E-state index in [1.807, 2.05) is 42.5 Å². The van der Waals surface area contributed by atoms with Crippen LogP contribution >= 0.6 is 11.6 Å². The first kappa shape index (κ1) is 18.9. The molecule has 1 aromatic heterocycles. The molecule has 0 unspecified atom stereocenters. The molecule has 3 rings (SSSR count). The topological polar surface area (TPSA) is 53.4 Å². The van der Waals surface area contributed by atoms with Crippen LogP contribution in [0.2, 0.25) is 5.02 Å². The lowest BCUT2D eigenvalue weighted by Gasteiger charge is -2.23. The van der Waals surface area contributed by atoms with Crippen LogP contribution in [-0.4, -0.2) is 27.9 Å². The number of halogens is 1. The van der Waals surface area contributed by atoms with Gasteiger partial charge in [0, 0.05) is 43.3 Å². The molecule has 3 aromatic rings. The second kappa shape index (κ2) is 8.69. The van der Waals surface area contributed by atoms with Gasteiger partial charge < -0.3 is 10.0 Å². The fourth-order valence-electron chi connectivity index (χ4n) is 3.09. The normalized spacial score (nSPS) is 11.8. The van der Waals surface area contributed by atoms with Gasteiger partial charge in [-0.05, 0) is 41.0 Å². The molecule has 0 bridgehead atoms. The highest BCUT2D eigenvalue weighted by Gasteiger charge is 2.23. The monoisotopic (exact) mass is 380 g/mol. The first-order chi connectivity index (χ1) is 13.0. The summed E-state index contributed by atoms with van der Waals surface area (Å²) in [7, 11) is 1.78. The summed E-state index contributed by atoms with van der Waals surface area (Å²) >= 11 is 6.41. The standard InChI is InChI=1S/C22H21ClN2O2/c1-25(15-16-6-5-11-24-14-16)22(27)13-20(17-7-4-8-18(26)12-17)19-9-2-3-10-21(19)23/h2-12,14,20,26H,13,15H2,1H3/t20-/m1/s1. The number of amides is 1. The number of phenols is 1. The van der Waals surface area contributed by atoms with Gasteiger partial charge >= 0.3 is 0 Å². The van der Waals surface area contributed by atoms with Gasteiger partial charge in [-0.1, -0.05) is 48.0 Å². The molecule has 0 fully saturated rings. The van der Waals surface area contributed by atoms with Gasteiger partial charge in [0.1, 0.15) is 5.75 Å². The number of carbonyl (C=O) groups excluding carboxylic acids is 1. The quantitative estimate of drug-likeness (QED) is 0.678. The van der Waals surface area contributed by atoms with Crippen LogP contribution in [0.15, 0.2) is 73.1 Å². The molecular formula is C22H21ClN2O2. The summed E-state index contributed by atoms with van der Waals surface area (Å²) in [4.78, 5) is 18.7. The van der Waals surface area contributed by atoms with Crippen LogP contribution in [0.25, 0.3) is 0 Å². The van der Waals surface area contributed by atoms with Crippen LogP contribution in [-0.2, 0) is 11.3 Å². The summed E-state index contributed by atoms with van der Waals surface area (Å²) in [5.41, 5.74) is 2.69. The van der Waals surface area contributed by atoms with Crippen molar-refractivity contribution in [3.63, 3.8) is 0 Å². The third-order valence-corrected chi connectivity index (χ3v) is 4.84. The molecule has 0 spiro atoms. The molecule has 2 aromatic carbocycles. The van der Waals surface area contributed by atoms with Crippen molar-refractivity contribution in [2.24, 2.45) is 0 Å². The molecule has 0 aliphatic rings. The summed E-state index contributed by atoms with van der Waals surface area (Å²) in [6.45, 7) is 0.488. The predicted molar refractivity (Wildman–Crippen MR) is 107 cm³/mol. The average Bonchev–Trinajstić information content (AvgIpc) is 2.67. The van der Waals surface area contributed by atoms with Gasteiger partial charge in [0.05, 0.1) is 0 Å². The Hall–Kier alpha value is -2.85. The van der Waals surface area contributed by atoms with Gasteiger partial charge in [0.2, 0.25) is 5.91 Å². The van der Waals surface area contributed by atoms with Crippen LogP contribution in [0, 0.1) is 0 Å². The lowest BCUT2D eigenvalue weighted by molar-refractivity contribution is -0.130. The lowest BCUT2D eigenvalue weighted by atomic mass is 9.88. The van der Waals surface area contributed by atoms with Gasteiger partial charge in [-0.2, -0.15) is 0 Å². The number of aromatic nitrogens is 1. The van der Waals surface area contributed by atoms with Crippen LogP contribution in [0.4, 0.5) is 0 Å². The van der Waals surface area contributed by atoms with Crippen molar-refractivity contribution in [1.82, 2.24) is 9.88 Å². The highest BCUT2D eigenvalue weighted by Crippen LogP contribution is 2.34. The number of hydrogen-bond donors (Lipinski definition) is 1. The van der Waals surface area contributed by atoms with E-state index in [0.29, 0.717) is 11.6 Å². The Morgan fingerprint density at radius 2 is 1.96 bits per heavy atom. The van der Waals surface area contributed by atoms with E-state index >= 15 is 0 Å². The third kappa shape index (κ3) is 4.86. The number of hydrogen-bond acceptors (Lipinski definition) is 3. The van der Waals surface area contributed by atoms with Crippen LogP contribution in [0.3, 0.4) is 0 Å². The minimum absolute atomic E-state index is 0.00730. The molecule has 1 N–H and O–H groups in total. The maximum Gasteiger partial charge on any atom is 0.223 e. The van der Waals surface area contributed by atoms with Crippen LogP contribution < -0.4 is 0 Å². The van der Waals surface area contributed by atoms with Crippen molar-refractivity contribution in [3.8, 4) is 5.75 Å². The molecule has 4 nitrogen and oxygen atoms in total. The van der Waals surface area contributed by atoms with Gasteiger partial charge in [0.25, 0.3) is 0 Å². The average molecular weight is 381 g/mol.